The number of piperidine rings is 1. The predicted molar refractivity (Wildman–Crippen MR) is 129 cm³/mol. The molecule has 5 nitrogen and oxygen atoms in total. The van der Waals surface area contributed by atoms with E-state index in [9.17, 15) is 9.59 Å². The van der Waals surface area contributed by atoms with Gasteiger partial charge in [-0.25, -0.2) is 0 Å². The van der Waals surface area contributed by atoms with E-state index in [1.807, 2.05) is 48.5 Å². The van der Waals surface area contributed by atoms with Gasteiger partial charge in [0.25, 0.3) is 5.91 Å². The third kappa shape index (κ3) is 4.51. The van der Waals surface area contributed by atoms with Gasteiger partial charge in [0.15, 0.2) is 0 Å². The zero-order chi connectivity index (χ0) is 22.8. The molecule has 1 saturated heterocycles. The van der Waals surface area contributed by atoms with Gasteiger partial charge in [0, 0.05) is 13.1 Å². The predicted octanol–water partition coefficient (Wildman–Crippen LogP) is 4.68. The SMILES string of the molecule is COc1cccc(CN2CCC(CCN3C(=O)Cc4ccc5ccccc5c4C3=O)CC2)c1. The number of methoxy groups -OCH3 is 1. The normalized spacial score (nSPS) is 17.4. The van der Waals surface area contributed by atoms with Gasteiger partial charge < -0.3 is 4.74 Å². The van der Waals surface area contributed by atoms with E-state index in [2.05, 4.69) is 17.0 Å². The number of rotatable bonds is 6. The quantitative estimate of drug-likeness (QED) is 0.521. The van der Waals surface area contributed by atoms with E-state index in [1.54, 1.807) is 7.11 Å². The molecule has 3 aromatic rings. The van der Waals surface area contributed by atoms with Crippen LogP contribution in [0.3, 0.4) is 0 Å². The average Bonchev–Trinajstić information content (AvgIpc) is 2.84. The van der Waals surface area contributed by atoms with Crippen LogP contribution in [0.5, 0.6) is 5.75 Å². The second kappa shape index (κ2) is 9.36. The number of likely N-dealkylation sites (tertiary alicyclic amines) is 1. The van der Waals surface area contributed by atoms with Gasteiger partial charge in [-0.3, -0.25) is 19.4 Å². The van der Waals surface area contributed by atoms with Crippen LogP contribution < -0.4 is 4.74 Å². The van der Waals surface area contributed by atoms with E-state index < -0.39 is 0 Å². The Morgan fingerprint density at radius 1 is 0.970 bits per heavy atom. The Morgan fingerprint density at radius 2 is 1.79 bits per heavy atom. The molecule has 0 unspecified atom stereocenters. The maximum Gasteiger partial charge on any atom is 0.261 e. The molecule has 2 aliphatic heterocycles. The number of carbonyl (C=O) groups is 2. The average molecular weight is 443 g/mol. The maximum atomic E-state index is 13.3. The zero-order valence-electron chi connectivity index (χ0n) is 19.1. The van der Waals surface area contributed by atoms with Gasteiger partial charge in [-0.15, -0.1) is 0 Å². The molecule has 0 N–H and O–H groups in total. The van der Waals surface area contributed by atoms with Crippen LogP contribution >= 0.6 is 0 Å². The first kappa shape index (κ1) is 21.7. The molecule has 2 amide bonds. The van der Waals surface area contributed by atoms with Crippen LogP contribution in [0.15, 0.2) is 60.7 Å². The molecular formula is C28H30N2O3. The molecule has 2 heterocycles. The Balaban J connectivity index is 1.19. The number of amides is 2. The second-order valence-electron chi connectivity index (χ2n) is 9.21. The Bertz CT molecular complexity index is 1180. The molecule has 0 bridgehead atoms. The van der Waals surface area contributed by atoms with Crippen LogP contribution in [0.1, 0.15) is 40.7 Å². The van der Waals surface area contributed by atoms with Gasteiger partial charge in [0.1, 0.15) is 5.75 Å². The van der Waals surface area contributed by atoms with E-state index in [1.165, 1.54) is 10.5 Å². The zero-order valence-corrected chi connectivity index (χ0v) is 19.1. The fourth-order valence-corrected chi connectivity index (χ4v) is 5.22. The van der Waals surface area contributed by atoms with Crippen molar-refractivity contribution in [3.8, 4) is 5.75 Å². The number of fused-ring (bicyclic) bond motifs is 3. The lowest BCUT2D eigenvalue weighted by Gasteiger charge is -2.34. The lowest BCUT2D eigenvalue weighted by molar-refractivity contribution is -0.128. The summed E-state index contributed by atoms with van der Waals surface area (Å²) in [5, 5.41) is 1.99. The van der Waals surface area contributed by atoms with E-state index in [0.29, 0.717) is 24.4 Å². The Morgan fingerprint density at radius 3 is 2.61 bits per heavy atom. The molecular weight excluding hydrogens is 412 g/mol. The molecule has 0 aromatic heterocycles. The monoisotopic (exact) mass is 442 g/mol. The van der Waals surface area contributed by atoms with Crippen molar-refractivity contribution in [3.63, 3.8) is 0 Å². The lowest BCUT2D eigenvalue weighted by atomic mass is 9.90. The van der Waals surface area contributed by atoms with Crippen molar-refractivity contribution in [1.29, 1.82) is 0 Å². The van der Waals surface area contributed by atoms with Crippen molar-refractivity contribution in [2.24, 2.45) is 5.92 Å². The summed E-state index contributed by atoms with van der Waals surface area (Å²) in [4.78, 5) is 30.1. The van der Waals surface area contributed by atoms with E-state index in [4.69, 9.17) is 4.74 Å². The minimum atomic E-state index is -0.131. The molecule has 1 fully saturated rings. The Labute approximate surface area is 194 Å². The van der Waals surface area contributed by atoms with Crippen LogP contribution in [0, 0.1) is 5.92 Å². The van der Waals surface area contributed by atoms with Crippen LogP contribution in [0.2, 0.25) is 0 Å². The summed E-state index contributed by atoms with van der Waals surface area (Å²) in [7, 11) is 1.70. The first-order chi connectivity index (χ1) is 16.1. The third-order valence-electron chi connectivity index (χ3n) is 7.13. The molecule has 5 rings (SSSR count). The molecule has 2 aliphatic rings. The summed E-state index contributed by atoms with van der Waals surface area (Å²) in [6.45, 7) is 3.52. The fourth-order valence-electron chi connectivity index (χ4n) is 5.22. The van der Waals surface area contributed by atoms with Gasteiger partial charge in [-0.05, 0) is 72.3 Å². The van der Waals surface area contributed by atoms with E-state index in [0.717, 1.165) is 61.0 Å². The molecule has 5 heteroatoms. The maximum absolute atomic E-state index is 13.3. The molecule has 33 heavy (non-hydrogen) atoms. The number of benzene rings is 3. The summed E-state index contributed by atoms with van der Waals surface area (Å²) < 4.78 is 5.34. The molecule has 170 valence electrons. The standard InChI is InChI=1S/C28H30N2O3/c1-33-24-7-4-5-21(17-24)19-29-14-11-20(12-15-29)13-16-30-26(31)18-23-10-9-22-6-2-3-8-25(22)27(23)28(30)32/h2-10,17,20H,11-16,18-19H2,1H3. The van der Waals surface area contributed by atoms with Gasteiger partial charge in [-0.1, -0.05) is 48.5 Å². The molecule has 0 aliphatic carbocycles. The van der Waals surface area contributed by atoms with E-state index >= 15 is 0 Å². The lowest BCUT2D eigenvalue weighted by Crippen LogP contribution is -2.44. The Kier molecular flexibility index (Phi) is 6.14. The third-order valence-corrected chi connectivity index (χ3v) is 7.13. The van der Waals surface area contributed by atoms with Crippen LogP contribution in [0.4, 0.5) is 0 Å². The van der Waals surface area contributed by atoms with Crippen molar-refractivity contribution in [1.82, 2.24) is 9.80 Å². The molecule has 3 aromatic carbocycles. The van der Waals surface area contributed by atoms with Crippen LogP contribution in [0.25, 0.3) is 10.8 Å². The van der Waals surface area contributed by atoms with Crippen molar-refractivity contribution in [3.05, 3.63) is 77.4 Å². The highest BCUT2D eigenvalue weighted by Crippen LogP contribution is 2.29. The van der Waals surface area contributed by atoms with Crippen LogP contribution in [-0.2, 0) is 17.8 Å². The first-order valence-corrected chi connectivity index (χ1v) is 11.8. The topological polar surface area (TPSA) is 49.9 Å². The number of hydrogen-bond acceptors (Lipinski definition) is 4. The number of nitrogens with zero attached hydrogens (tertiary/aromatic N) is 2. The van der Waals surface area contributed by atoms with E-state index in [-0.39, 0.29) is 11.8 Å². The molecule has 0 saturated carbocycles. The molecule has 0 radical (unpaired) electrons. The van der Waals surface area contributed by atoms with Crippen molar-refractivity contribution < 1.29 is 14.3 Å². The smallest absolute Gasteiger partial charge is 0.261 e. The van der Waals surface area contributed by atoms with Crippen molar-refractivity contribution in [2.45, 2.75) is 32.2 Å². The Hall–Kier alpha value is -3.18. The number of carbonyl (C=O) groups excluding carboxylic acids is 2. The highest BCUT2D eigenvalue weighted by atomic mass is 16.5. The minimum Gasteiger partial charge on any atom is -0.497 e. The largest absolute Gasteiger partial charge is 0.497 e. The van der Waals surface area contributed by atoms with Crippen molar-refractivity contribution in [2.75, 3.05) is 26.7 Å². The summed E-state index contributed by atoms with van der Waals surface area (Å²) in [6.07, 6.45) is 3.38. The van der Waals surface area contributed by atoms with Gasteiger partial charge in [-0.2, -0.15) is 0 Å². The van der Waals surface area contributed by atoms with Crippen molar-refractivity contribution >= 4 is 22.6 Å². The fraction of sp³-hybridized carbons (Fsp3) is 0.357. The molecule has 0 spiro atoms. The second-order valence-corrected chi connectivity index (χ2v) is 9.21. The minimum absolute atomic E-state index is 0.0711. The summed E-state index contributed by atoms with van der Waals surface area (Å²) in [6, 6.07) is 20.1. The summed E-state index contributed by atoms with van der Waals surface area (Å²) in [5.41, 5.74) is 2.83. The van der Waals surface area contributed by atoms with Crippen LogP contribution in [-0.4, -0.2) is 48.4 Å². The first-order valence-electron chi connectivity index (χ1n) is 11.8. The number of ether oxygens (including phenoxy) is 1. The molecule has 0 atom stereocenters. The van der Waals surface area contributed by atoms with Gasteiger partial charge in [0.2, 0.25) is 5.91 Å². The summed E-state index contributed by atoms with van der Waals surface area (Å²) >= 11 is 0. The number of imide groups is 1. The number of hydrogen-bond donors (Lipinski definition) is 0. The highest BCUT2D eigenvalue weighted by molar-refractivity contribution is 6.16. The van der Waals surface area contributed by atoms with Gasteiger partial charge >= 0.3 is 0 Å². The summed E-state index contributed by atoms with van der Waals surface area (Å²) in [5.74, 6) is 1.24. The van der Waals surface area contributed by atoms with Gasteiger partial charge in [0.05, 0.1) is 19.1 Å². The highest BCUT2D eigenvalue weighted by Gasteiger charge is 2.32.